The number of hydrogen-bond acceptors (Lipinski definition) is 4. The summed E-state index contributed by atoms with van der Waals surface area (Å²) in [5, 5.41) is 7.63. The lowest BCUT2D eigenvalue weighted by atomic mass is 9.81. The molecule has 2 atom stereocenters. The van der Waals surface area contributed by atoms with Crippen LogP contribution in [-0.2, 0) is 30.0 Å². The Hall–Kier alpha value is -1.63. The molecule has 0 radical (unpaired) electrons. The summed E-state index contributed by atoms with van der Waals surface area (Å²) >= 11 is 0. The fraction of sp³-hybridized carbons (Fsp3) is 0.824. The zero-order valence-corrected chi connectivity index (χ0v) is 14.7. The highest BCUT2D eigenvalue weighted by Gasteiger charge is 2.30. The van der Waals surface area contributed by atoms with E-state index in [1.54, 1.807) is 18.7 Å². The van der Waals surface area contributed by atoms with E-state index in [9.17, 15) is 9.59 Å². The maximum Gasteiger partial charge on any atom is 0.345 e. The molecule has 1 aliphatic carbocycles. The molecule has 1 aromatic rings. The molecule has 1 saturated carbocycles. The Kier molecular flexibility index (Phi) is 5.38. The average molecular weight is 336 g/mol. The van der Waals surface area contributed by atoms with Gasteiger partial charge in [-0.2, -0.15) is 5.10 Å². The lowest BCUT2D eigenvalue weighted by Crippen LogP contribution is -2.46. The first-order chi connectivity index (χ1) is 11.6. The van der Waals surface area contributed by atoms with Crippen LogP contribution in [0.2, 0.25) is 0 Å². The van der Waals surface area contributed by atoms with E-state index in [1.807, 2.05) is 0 Å². The lowest BCUT2D eigenvalue weighted by Gasteiger charge is -2.33. The number of nitrogens with zero attached hydrogens (tertiary/aromatic N) is 3. The minimum atomic E-state index is -0.0939. The monoisotopic (exact) mass is 336 g/mol. The molecule has 134 valence electrons. The van der Waals surface area contributed by atoms with E-state index in [2.05, 4.69) is 10.4 Å². The Labute approximate surface area is 142 Å². The zero-order chi connectivity index (χ0) is 17.1. The van der Waals surface area contributed by atoms with Crippen molar-refractivity contribution in [2.24, 2.45) is 25.9 Å². The van der Waals surface area contributed by atoms with Crippen LogP contribution >= 0.6 is 0 Å². The predicted molar refractivity (Wildman–Crippen MR) is 89.6 cm³/mol. The molecule has 1 N–H and O–H groups in total. The van der Waals surface area contributed by atoms with Gasteiger partial charge in [-0.25, -0.2) is 9.48 Å². The Morgan fingerprint density at radius 2 is 1.92 bits per heavy atom. The molecule has 2 heterocycles. The van der Waals surface area contributed by atoms with Crippen LogP contribution in [-0.4, -0.2) is 39.5 Å². The van der Waals surface area contributed by atoms with Crippen molar-refractivity contribution in [3.05, 3.63) is 16.3 Å². The Morgan fingerprint density at radius 1 is 1.21 bits per heavy atom. The van der Waals surface area contributed by atoms with Gasteiger partial charge in [0.05, 0.1) is 0 Å². The molecule has 7 nitrogen and oxygen atoms in total. The number of hydrogen-bond donors (Lipinski definition) is 1. The van der Waals surface area contributed by atoms with Crippen molar-refractivity contribution in [3.63, 3.8) is 0 Å². The third kappa shape index (κ3) is 3.71. The van der Waals surface area contributed by atoms with Crippen LogP contribution in [0, 0.1) is 11.8 Å². The summed E-state index contributed by atoms with van der Waals surface area (Å²) in [6.45, 7) is 1.37. The van der Waals surface area contributed by atoms with Gasteiger partial charge in [-0.3, -0.25) is 9.36 Å². The van der Waals surface area contributed by atoms with Gasteiger partial charge in [0.1, 0.15) is 5.82 Å². The highest BCUT2D eigenvalue weighted by Crippen LogP contribution is 2.28. The van der Waals surface area contributed by atoms with Crippen LogP contribution < -0.4 is 11.0 Å². The second kappa shape index (κ2) is 7.51. The maximum atomic E-state index is 12.5. The molecular formula is C17H28N4O3. The minimum Gasteiger partial charge on any atom is -0.381 e. The molecule has 1 amide bonds. The molecule has 0 bridgehead atoms. The van der Waals surface area contributed by atoms with Gasteiger partial charge in [-0.1, -0.05) is 12.8 Å². The third-order valence-electron chi connectivity index (χ3n) is 5.49. The van der Waals surface area contributed by atoms with Crippen molar-refractivity contribution >= 4 is 5.91 Å². The van der Waals surface area contributed by atoms with Gasteiger partial charge >= 0.3 is 5.69 Å². The topological polar surface area (TPSA) is 78.2 Å². The fourth-order valence-electron chi connectivity index (χ4n) is 3.93. The Bertz CT molecular complexity index is 630. The smallest absolute Gasteiger partial charge is 0.345 e. The largest absolute Gasteiger partial charge is 0.381 e. The summed E-state index contributed by atoms with van der Waals surface area (Å²) in [4.78, 5) is 24.4. The molecule has 2 fully saturated rings. The molecule has 0 aromatic carbocycles. The number of aromatic nitrogens is 3. The van der Waals surface area contributed by atoms with Gasteiger partial charge < -0.3 is 10.1 Å². The van der Waals surface area contributed by atoms with E-state index in [1.165, 1.54) is 11.1 Å². The summed E-state index contributed by atoms with van der Waals surface area (Å²) in [7, 11) is 3.44. The average Bonchev–Trinajstić information content (AvgIpc) is 2.84. The summed E-state index contributed by atoms with van der Waals surface area (Å²) in [6, 6.07) is 0.186. The maximum absolute atomic E-state index is 12.5. The number of carbonyl (C=O) groups is 1. The van der Waals surface area contributed by atoms with Crippen molar-refractivity contribution in [2.75, 3.05) is 13.2 Å². The van der Waals surface area contributed by atoms with E-state index in [0.717, 1.165) is 44.3 Å². The van der Waals surface area contributed by atoms with Crippen LogP contribution in [0.4, 0.5) is 0 Å². The second-order valence-corrected chi connectivity index (χ2v) is 7.13. The Morgan fingerprint density at radius 3 is 2.58 bits per heavy atom. The molecule has 3 rings (SSSR count). The highest BCUT2D eigenvalue weighted by atomic mass is 16.5. The quantitative estimate of drug-likeness (QED) is 0.881. The molecule has 2 aliphatic rings. The highest BCUT2D eigenvalue weighted by molar-refractivity contribution is 5.79. The summed E-state index contributed by atoms with van der Waals surface area (Å²) in [5.74, 6) is 1.41. The van der Waals surface area contributed by atoms with Crippen molar-refractivity contribution in [1.82, 2.24) is 19.7 Å². The SMILES string of the molecule is Cn1nc(C[C@H]2CCCC[C@H]2NC(=O)C2CCOCC2)n(C)c1=O. The summed E-state index contributed by atoms with van der Waals surface area (Å²) in [6.07, 6.45) is 6.79. The first-order valence-electron chi connectivity index (χ1n) is 9.03. The molecule has 0 unspecified atom stereocenters. The van der Waals surface area contributed by atoms with Crippen molar-refractivity contribution in [3.8, 4) is 0 Å². The van der Waals surface area contributed by atoms with Crippen LogP contribution in [0.5, 0.6) is 0 Å². The molecule has 1 saturated heterocycles. The normalized spacial score (nSPS) is 25.6. The number of rotatable bonds is 4. The molecular weight excluding hydrogens is 308 g/mol. The minimum absolute atomic E-state index is 0.0838. The lowest BCUT2D eigenvalue weighted by molar-refractivity contribution is -0.129. The van der Waals surface area contributed by atoms with Gasteiger partial charge in [0.15, 0.2) is 0 Å². The fourth-order valence-corrected chi connectivity index (χ4v) is 3.93. The third-order valence-corrected chi connectivity index (χ3v) is 5.49. The van der Waals surface area contributed by atoms with E-state index < -0.39 is 0 Å². The van der Waals surface area contributed by atoms with Crippen molar-refractivity contribution < 1.29 is 9.53 Å². The van der Waals surface area contributed by atoms with Crippen LogP contribution in [0.1, 0.15) is 44.3 Å². The van der Waals surface area contributed by atoms with E-state index in [0.29, 0.717) is 19.1 Å². The molecule has 0 spiro atoms. The first kappa shape index (κ1) is 17.2. The number of nitrogens with one attached hydrogen (secondary N) is 1. The molecule has 1 aromatic heterocycles. The standard InChI is InChI=1S/C17H28N4O3/c1-20-15(19-21(2)17(20)23)11-13-5-3-4-6-14(13)18-16(22)12-7-9-24-10-8-12/h12-14H,3-11H2,1-2H3,(H,18,22)/t13-,14-/m1/s1. The van der Waals surface area contributed by atoms with E-state index in [-0.39, 0.29) is 23.6 Å². The van der Waals surface area contributed by atoms with Crippen molar-refractivity contribution in [2.45, 2.75) is 51.0 Å². The summed E-state index contributed by atoms with van der Waals surface area (Å²) in [5.41, 5.74) is -0.0939. The molecule has 1 aliphatic heterocycles. The van der Waals surface area contributed by atoms with Gasteiger partial charge in [-0.05, 0) is 31.6 Å². The first-order valence-corrected chi connectivity index (χ1v) is 9.03. The van der Waals surface area contributed by atoms with Crippen molar-refractivity contribution in [1.29, 1.82) is 0 Å². The van der Waals surface area contributed by atoms with E-state index in [4.69, 9.17) is 4.74 Å². The number of aryl methyl sites for hydroxylation is 1. The van der Waals surface area contributed by atoms with Crippen LogP contribution in [0.15, 0.2) is 4.79 Å². The van der Waals surface area contributed by atoms with Gasteiger partial charge in [-0.15, -0.1) is 0 Å². The summed E-state index contributed by atoms with van der Waals surface area (Å²) < 4.78 is 8.34. The zero-order valence-electron chi connectivity index (χ0n) is 14.7. The predicted octanol–water partition coefficient (Wildman–Crippen LogP) is 0.763. The van der Waals surface area contributed by atoms with Gasteiger partial charge in [0, 0.05) is 45.7 Å². The van der Waals surface area contributed by atoms with Crippen LogP contribution in [0.3, 0.4) is 0 Å². The number of amides is 1. The number of carbonyl (C=O) groups excluding carboxylic acids is 1. The van der Waals surface area contributed by atoms with Gasteiger partial charge in [0.25, 0.3) is 0 Å². The second-order valence-electron chi connectivity index (χ2n) is 7.13. The Balaban J connectivity index is 1.65. The van der Waals surface area contributed by atoms with Gasteiger partial charge in [0.2, 0.25) is 5.91 Å². The molecule has 7 heteroatoms. The molecule has 24 heavy (non-hydrogen) atoms. The van der Waals surface area contributed by atoms with Crippen LogP contribution in [0.25, 0.3) is 0 Å². The van der Waals surface area contributed by atoms with E-state index >= 15 is 0 Å². The number of ether oxygens (including phenoxy) is 1.